The van der Waals surface area contributed by atoms with E-state index in [0.717, 1.165) is 35.3 Å². The predicted molar refractivity (Wildman–Crippen MR) is 202 cm³/mol. The first-order valence-corrected chi connectivity index (χ1v) is 16.6. The van der Waals surface area contributed by atoms with Crippen molar-refractivity contribution in [1.29, 1.82) is 0 Å². The Morgan fingerprint density at radius 3 is 1.60 bits per heavy atom. The van der Waals surface area contributed by atoms with Crippen LogP contribution in [-0.2, 0) is 0 Å². The van der Waals surface area contributed by atoms with Gasteiger partial charge in [0.25, 0.3) is 0 Å². The minimum absolute atomic E-state index is 0.840. The molecule has 0 atom stereocenters. The number of rotatable bonds is 4. The molecule has 1 aliphatic rings. The highest BCUT2D eigenvalue weighted by atomic mass is 16.5. The second-order valence-electron chi connectivity index (χ2n) is 11.7. The lowest BCUT2D eigenvalue weighted by Crippen LogP contribution is -2.01. The summed E-state index contributed by atoms with van der Waals surface area (Å²) in [4.78, 5) is 0. The third-order valence-corrected chi connectivity index (χ3v) is 9.01. The van der Waals surface area contributed by atoms with Crippen molar-refractivity contribution in [2.45, 2.75) is 26.7 Å². The fraction of sp³-hybridized carbons (Fsp3) is 0.0870. The normalized spacial score (nSPS) is 13.7. The molecule has 1 heterocycles. The third kappa shape index (κ3) is 5.66. The van der Waals surface area contributed by atoms with Gasteiger partial charge in [0.2, 0.25) is 0 Å². The fourth-order valence-electron chi connectivity index (χ4n) is 6.88. The summed E-state index contributed by atoms with van der Waals surface area (Å²) >= 11 is 0. The maximum Gasteiger partial charge on any atom is 0.134 e. The van der Waals surface area contributed by atoms with Gasteiger partial charge in [0.05, 0.1) is 6.26 Å². The Bertz CT molecular complexity index is 2180. The molecule has 0 fully saturated rings. The van der Waals surface area contributed by atoms with E-state index in [-0.39, 0.29) is 0 Å². The van der Waals surface area contributed by atoms with Crippen molar-refractivity contribution >= 4 is 32.7 Å². The minimum Gasteiger partial charge on any atom is -0.464 e. The molecule has 47 heavy (non-hydrogen) atoms. The molecule has 1 heteroatoms. The Labute approximate surface area is 278 Å². The monoisotopic (exact) mass is 606 g/mol. The number of fused-ring (bicyclic) bond motifs is 3. The summed E-state index contributed by atoms with van der Waals surface area (Å²) in [6, 6.07) is 54.0. The average molecular weight is 607 g/mol. The Kier molecular flexibility index (Phi) is 8.54. The van der Waals surface area contributed by atoms with Crippen LogP contribution in [0.1, 0.15) is 37.8 Å². The van der Waals surface area contributed by atoms with Gasteiger partial charge in [0.1, 0.15) is 5.75 Å². The van der Waals surface area contributed by atoms with E-state index in [1.54, 1.807) is 0 Å². The first-order chi connectivity index (χ1) is 23.3. The molecule has 0 bridgehead atoms. The molecule has 8 rings (SSSR count). The summed E-state index contributed by atoms with van der Waals surface area (Å²) in [5, 5.41) is 4.94. The molecule has 0 aliphatic carbocycles. The molecule has 1 aliphatic heterocycles. The van der Waals surface area contributed by atoms with Crippen LogP contribution < -0.4 is 4.74 Å². The van der Waals surface area contributed by atoms with Crippen molar-refractivity contribution in [3.8, 4) is 39.1 Å². The van der Waals surface area contributed by atoms with Crippen molar-refractivity contribution in [3.63, 3.8) is 0 Å². The van der Waals surface area contributed by atoms with Crippen LogP contribution in [0.5, 0.6) is 5.75 Å². The molecular formula is C46H38O. The SMILES string of the molecule is C=C1CC/C(c2cccc(-c3ccccc3)c2)=C\Oc2cccc(-c3c4ccccc4c(-c4ccccc4)c4ccccc34)c21.CC. The number of allylic oxidation sites excluding steroid dienone is 2. The van der Waals surface area contributed by atoms with Gasteiger partial charge in [-0.25, -0.2) is 0 Å². The molecule has 7 aromatic rings. The van der Waals surface area contributed by atoms with Crippen molar-refractivity contribution in [3.05, 3.63) is 176 Å². The number of hydrogen-bond acceptors (Lipinski definition) is 1. The van der Waals surface area contributed by atoms with Gasteiger partial charge in [0, 0.05) is 5.56 Å². The van der Waals surface area contributed by atoms with Crippen molar-refractivity contribution in [2.75, 3.05) is 0 Å². The molecule has 228 valence electrons. The van der Waals surface area contributed by atoms with Gasteiger partial charge in [-0.2, -0.15) is 0 Å². The van der Waals surface area contributed by atoms with Gasteiger partial charge in [-0.3, -0.25) is 0 Å². The van der Waals surface area contributed by atoms with E-state index >= 15 is 0 Å². The Morgan fingerprint density at radius 2 is 0.957 bits per heavy atom. The van der Waals surface area contributed by atoms with Crippen LogP contribution in [0.3, 0.4) is 0 Å². The van der Waals surface area contributed by atoms with Crippen molar-refractivity contribution in [1.82, 2.24) is 0 Å². The smallest absolute Gasteiger partial charge is 0.134 e. The highest BCUT2D eigenvalue weighted by Crippen LogP contribution is 2.48. The average Bonchev–Trinajstić information content (AvgIpc) is 3.14. The Balaban J connectivity index is 0.00000172. The summed E-state index contributed by atoms with van der Waals surface area (Å²) in [6.45, 7) is 8.65. The van der Waals surface area contributed by atoms with E-state index in [1.165, 1.54) is 60.5 Å². The van der Waals surface area contributed by atoms with Gasteiger partial charge in [-0.1, -0.05) is 160 Å². The van der Waals surface area contributed by atoms with Crippen LogP contribution in [0.25, 0.3) is 66.1 Å². The lowest BCUT2D eigenvalue weighted by atomic mass is 9.83. The van der Waals surface area contributed by atoms with E-state index in [2.05, 4.69) is 158 Å². The third-order valence-electron chi connectivity index (χ3n) is 9.01. The summed E-state index contributed by atoms with van der Waals surface area (Å²) in [5.41, 5.74) is 11.8. The predicted octanol–water partition coefficient (Wildman–Crippen LogP) is 13.2. The Hall–Kier alpha value is -5.66. The largest absolute Gasteiger partial charge is 0.464 e. The van der Waals surface area contributed by atoms with E-state index in [0.29, 0.717) is 0 Å². The molecule has 0 unspecified atom stereocenters. The number of hydrogen-bond donors (Lipinski definition) is 0. The van der Waals surface area contributed by atoms with E-state index < -0.39 is 0 Å². The van der Waals surface area contributed by atoms with E-state index in [4.69, 9.17) is 4.74 Å². The topological polar surface area (TPSA) is 9.23 Å². The second-order valence-corrected chi connectivity index (χ2v) is 11.7. The standard InChI is InChI=1S/C44H32O.C2H6/c1-30-26-27-35(34-19-12-18-33(28-34)31-14-4-2-5-15-31)29-45-41-25-13-24-40(42(30)41)44-38-22-10-8-20-36(38)43(32-16-6-3-7-17-32)37-21-9-11-23-39(37)44;1-2/h2-25,28-29H,1,26-27H2;1-2H3/b35-29+;. The van der Waals surface area contributed by atoms with Crippen LogP contribution in [0.4, 0.5) is 0 Å². The second kappa shape index (κ2) is 13.4. The van der Waals surface area contributed by atoms with Crippen LogP contribution in [0, 0.1) is 0 Å². The van der Waals surface area contributed by atoms with Crippen LogP contribution >= 0.6 is 0 Å². The molecule has 0 radical (unpaired) electrons. The van der Waals surface area contributed by atoms with Crippen molar-refractivity contribution in [2.24, 2.45) is 0 Å². The lowest BCUT2D eigenvalue weighted by Gasteiger charge is -2.23. The molecule has 0 amide bonds. The zero-order valence-corrected chi connectivity index (χ0v) is 27.0. The van der Waals surface area contributed by atoms with Gasteiger partial charge >= 0.3 is 0 Å². The minimum atomic E-state index is 0.840. The summed E-state index contributed by atoms with van der Waals surface area (Å²) in [6.07, 6.45) is 3.64. The van der Waals surface area contributed by atoms with Gasteiger partial charge in [0.15, 0.2) is 0 Å². The fourth-order valence-corrected chi connectivity index (χ4v) is 6.88. The summed E-state index contributed by atoms with van der Waals surface area (Å²) < 4.78 is 6.57. The van der Waals surface area contributed by atoms with Crippen molar-refractivity contribution < 1.29 is 4.74 Å². The Morgan fingerprint density at radius 1 is 0.447 bits per heavy atom. The van der Waals surface area contributed by atoms with E-state index in [1.807, 2.05) is 20.1 Å². The quantitative estimate of drug-likeness (QED) is 0.181. The van der Waals surface area contributed by atoms with Crippen LogP contribution in [0.15, 0.2) is 165 Å². The van der Waals surface area contributed by atoms with Crippen LogP contribution in [-0.4, -0.2) is 0 Å². The van der Waals surface area contributed by atoms with E-state index in [9.17, 15) is 0 Å². The molecule has 0 aromatic heterocycles. The molecule has 7 aromatic carbocycles. The highest BCUT2D eigenvalue weighted by Gasteiger charge is 2.22. The van der Waals surface area contributed by atoms with Gasteiger partial charge in [-0.15, -0.1) is 0 Å². The maximum atomic E-state index is 6.57. The lowest BCUT2D eigenvalue weighted by molar-refractivity contribution is 0.478. The summed E-state index contributed by atoms with van der Waals surface area (Å²) in [7, 11) is 0. The first-order valence-electron chi connectivity index (χ1n) is 16.6. The highest BCUT2D eigenvalue weighted by molar-refractivity contribution is 6.22. The van der Waals surface area contributed by atoms with Gasteiger partial charge < -0.3 is 4.74 Å². The molecule has 0 N–H and O–H groups in total. The zero-order valence-electron chi connectivity index (χ0n) is 27.0. The molecular weight excluding hydrogens is 569 g/mol. The molecule has 1 nitrogen and oxygen atoms in total. The molecule has 0 spiro atoms. The number of benzene rings is 7. The maximum absolute atomic E-state index is 6.57. The molecule has 0 saturated carbocycles. The number of ether oxygens (including phenoxy) is 1. The van der Waals surface area contributed by atoms with Gasteiger partial charge in [-0.05, 0) is 96.6 Å². The van der Waals surface area contributed by atoms with Crippen LogP contribution in [0.2, 0.25) is 0 Å². The molecule has 0 saturated heterocycles. The summed E-state index contributed by atoms with van der Waals surface area (Å²) in [5.74, 6) is 0.842. The zero-order chi connectivity index (χ0) is 32.2. The first kappa shape index (κ1) is 30.0.